The second kappa shape index (κ2) is 8.89. The van der Waals surface area contributed by atoms with E-state index in [4.69, 9.17) is 11.6 Å². The molecule has 0 radical (unpaired) electrons. The Kier molecular flexibility index (Phi) is 6.87. The predicted molar refractivity (Wildman–Crippen MR) is 99.9 cm³/mol. The first-order valence-electron chi connectivity index (χ1n) is 7.77. The first-order valence-corrected chi connectivity index (χ1v) is 9.13. The van der Waals surface area contributed by atoms with Crippen LogP contribution in [0.15, 0.2) is 40.8 Å². The largest absolute Gasteiger partial charge is 0.355 e. The summed E-state index contributed by atoms with van der Waals surface area (Å²) in [5.41, 5.74) is 0.368. The molecule has 1 N–H and O–H groups in total. The number of hydrogen-bond acceptors (Lipinski definition) is 4. The topological polar surface area (TPSA) is 64.0 Å². The summed E-state index contributed by atoms with van der Waals surface area (Å²) in [5.74, 6) is 0.137. The van der Waals surface area contributed by atoms with Gasteiger partial charge in [0, 0.05) is 18.1 Å². The van der Waals surface area contributed by atoms with Crippen molar-refractivity contribution < 1.29 is 4.79 Å². The van der Waals surface area contributed by atoms with Gasteiger partial charge in [-0.2, -0.15) is 0 Å². The van der Waals surface area contributed by atoms with Crippen molar-refractivity contribution in [3.05, 3.63) is 46.2 Å². The third kappa shape index (κ3) is 4.61. The molecule has 5 nitrogen and oxygen atoms in total. The molecule has 0 aliphatic rings. The lowest BCUT2D eigenvalue weighted by Gasteiger charge is -2.11. The molecule has 2 aromatic rings. The molecule has 0 saturated carbocycles. The summed E-state index contributed by atoms with van der Waals surface area (Å²) in [6, 6.07) is 4.99. The van der Waals surface area contributed by atoms with E-state index in [1.165, 1.54) is 16.3 Å². The Morgan fingerprint density at radius 1 is 1.50 bits per heavy atom. The Labute approximate surface area is 150 Å². The van der Waals surface area contributed by atoms with E-state index >= 15 is 0 Å². The van der Waals surface area contributed by atoms with Crippen LogP contribution in [0, 0.1) is 0 Å². The molecule has 0 unspecified atom stereocenters. The fraction of sp³-hybridized carbons (Fsp3) is 0.353. The maximum absolute atomic E-state index is 12.6. The SMILES string of the molecule is C=CCn1c(SCC(=O)NCCCC)nc2cc(Cl)ccc2c1=O. The van der Waals surface area contributed by atoms with Gasteiger partial charge in [-0.3, -0.25) is 14.2 Å². The highest BCUT2D eigenvalue weighted by Gasteiger charge is 2.12. The van der Waals surface area contributed by atoms with E-state index < -0.39 is 0 Å². The highest BCUT2D eigenvalue weighted by molar-refractivity contribution is 7.99. The Morgan fingerprint density at radius 2 is 2.29 bits per heavy atom. The van der Waals surface area contributed by atoms with Crippen LogP contribution in [0.1, 0.15) is 19.8 Å². The molecular formula is C17H20ClN3O2S. The van der Waals surface area contributed by atoms with Gasteiger partial charge in [-0.25, -0.2) is 4.98 Å². The van der Waals surface area contributed by atoms with Crippen molar-refractivity contribution in [3.8, 4) is 0 Å². The third-order valence-electron chi connectivity index (χ3n) is 3.38. The molecule has 24 heavy (non-hydrogen) atoms. The molecule has 0 fully saturated rings. The fourth-order valence-corrected chi connectivity index (χ4v) is 3.16. The lowest BCUT2D eigenvalue weighted by Crippen LogP contribution is -2.27. The number of amides is 1. The summed E-state index contributed by atoms with van der Waals surface area (Å²) >= 11 is 7.22. The van der Waals surface area contributed by atoms with Crippen LogP contribution < -0.4 is 10.9 Å². The minimum atomic E-state index is -0.162. The molecule has 0 atom stereocenters. The number of thioether (sulfide) groups is 1. The number of fused-ring (bicyclic) bond motifs is 1. The van der Waals surface area contributed by atoms with E-state index in [0.29, 0.717) is 34.2 Å². The van der Waals surface area contributed by atoms with Crippen LogP contribution in [0.3, 0.4) is 0 Å². The van der Waals surface area contributed by atoms with Gasteiger partial charge in [-0.1, -0.05) is 42.8 Å². The Bertz CT molecular complexity index is 804. The van der Waals surface area contributed by atoms with Crippen molar-refractivity contribution in [1.82, 2.24) is 14.9 Å². The minimum Gasteiger partial charge on any atom is -0.355 e. The summed E-state index contributed by atoms with van der Waals surface area (Å²) < 4.78 is 1.52. The van der Waals surface area contributed by atoms with Crippen LogP contribution in [-0.2, 0) is 11.3 Å². The number of allylic oxidation sites excluding steroid dienone is 1. The van der Waals surface area contributed by atoms with Gasteiger partial charge in [0.2, 0.25) is 5.91 Å². The number of benzene rings is 1. The summed E-state index contributed by atoms with van der Waals surface area (Å²) in [6.45, 7) is 6.75. The second-order valence-electron chi connectivity index (χ2n) is 5.25. The standard InChI is InChI=1S/C17H20ClN3O2S/c1-3-5-8-19-15(22)11-24-17-20-14-10-12(18)6-7-13(14)16(23)21(17)9-4-2/h4,6-7,10H,2-3,5,8-9,11H2,1H3,(H,19,22). The van der Waals surface area contributed by atoms with Gasteiger partial charge in [0.1, 0.15) is 0 Å². The fourth-order valence-electron chi connectivity index (χ4n) is 2.16. The van der Waals surface area contributed by atoms with Gasteiger partial charge in [-0.05, 0) is 24.6 Å². The predicted octanol–water partition coefficient (Wildman–Crippen LogP) is 3.24. The molecule has 0 saturated heterocycles. The van der Waals surface area contributed by atoms with Gasteiger partial charge < -0.3 is 5.32 Å². The number of aromatic nitrogens is 2. The lowest BCUT2D eigenvalue weighted by atomic mass is 10.2. The number of carbonyl (C=O) groups excluding carboxylic acids is 1. The number of carbonyl (C=O) groups is 1. The maximum atomic E-state index is 12.6. The maximum Gasteiger partial charge on any atom is 0.262 e. The molecule has 2 rings (SSSR count). The van der Waals surface area contributed by atoms with Gasteiger partial charge in [-0.15, -0.1) is 6.58 Å². The van der Waals surface area contributed by atoms with Crippen molar-refractivity contribution in [2.24, 2.45) is 0 Å². The van der Waals surface area contributed by atoms with Crippen LogP contribution in [0.2, 0.25) is 5.02 Å². The highest BCUT2D eigenvalue weighted by Crippen LogP contribution is 2.20. The summed E-state index contributed by atoms with van der Waals surface area (Å²) in [7, 11) is 0. The molecule has 1 aromatic heterocycles. The van der Waals surface area contributed by atoms with Crippen LogP contribution in [0.4, 0.5) is 0 Å². The van der Waals surface area contributed by atoms with Crippen molar-refractivity contribution >= 4 is 40.2 Å². The third-order valence-corrected chi connectivity index (χ3v) is 4.59. The average molecular weight is 366 g/mol. The van der Waals surface area contributed by atoms with Crippen LogP contribution in [-0.4, -0.2) is 27.8 Å². The number of nitrogens with one attached hydrogen (secondary N) is 1. The van der Waals surface area contributed by atoms with Crippen LogP contribution in [0.25, 0.3) is 10.9 Å². The molecule has 1 aromatic carbocycles. The molecule has 1 amide bonds. The molecule has 0 aliphatic heterocycles. The van der Waals surface area contributed by atoms with E-state index in [9.17, 15) is 9.59 Å². The number of rotatable bonds is 8. The first kappa shape index (κ1) is 18.5. The van der Waals surface area contributed by atoms with Gasteiger partial charge in [0.25, 0.3) is 5.56 Å². The van der Waals surface area contributed by atoms with E-state index in [1.54, 1.807) is 24.3 Å². The van der Waals surface area contributed by atoms with Crippen molar-refractivity contribution in [2.75, 3.05) is 12.3 Å². The quantitative estimate of drug-likeness (QED) is 0.337. The molecule has 7 heteroatoms. The molecule has 0 spiro atoms. The second-order valence-corrected chi connectivity index (χ2v) is 6.63. The van der Waals surface area contributed by atoms with Gasteiger partial charge in [0.15, 0.2) is 5.16 Å². The molecular weight excluding hydrogens is 346 g/mol. The molecule has 128 valence electrons. The minimum absolute atomic E-state index is 0.0703. The van der Waals surface area contributed by atoms with Gasteiger partial charge in [0.05, 0.1) is 16.7 Å². The normalized spacial score (nSPS) is 10.8. The number of halogens is 1. The van der Waals surface area contributed by atoms with E-state index in [-0.39, 0.29) is 17.2 Å². The lowest BCUT2D eigenvalue weighted by molar-refractivity contribution is -0.118. The Balaban J connectivity index is 2.27. The highest BCUT2D eigenvalue weighted by atomic mass is 35.5. The zero-order valence-electron chi connectivity index (χ0n) is 13.5. The van der Waals surface area contributed by atoms with E-state index in [0.717, 1.165) is 12.8 Å². The Hall–Kier alpha value is -1.79. The number of nitrogens with zero attached hydrogens (tertiary/aromatic N) is 2. The zero-order valence-corrected chi connectivity index (χ0v) is 15.1. The monoisotopic (exact) mass is 365 g/mol. The summed E-state index contributed by atoms with van der Waals surface area (Å²) in [6.07, 6.45) is 3.61. The Morgan fingerprint density at radius 3 is 3.00 bits per heavy atom. The average Bonchev–Trinajstić information content (AvgIpc) is 2.56. The van der Waals surface area contributed by atoms with Crippen molar-refractivity contribution in [1.29, 1.82) is 0 Å². The van der Waals surface area contributed by atoms with Crippen LogP contribution >= 0.6 is 23.4 Å². The molecule has 0 aliphatic carbocycles. The molecule has 0 bridgehead atoms. The smallest absolute Gasteiger partial charge is 0.262 e. The number of unbranched alkanes of at least 4 members (excludes halogenated alkanes) is 1. The van der Waals surface area contributed by atoms with Crippen molar-refractivity contribution in [2.45, 2.75) is 31.5 Å². The van der Waals surface area contributed by atoms with E-state index in [2.05, 4.69) is 23.8 Å². The zero-order chi connectivity index (χ0) is 17.5. The first-order chi connectivity index (χ1) is 11.6. The summed E-state index contributed by atoms with van der Waals surface area (Å²) in [5, 5.41) is 4.35. The van der Waals surface area contributed by atoms with E-state index in [1.807, 2.05) is 0 Å². The van der Waals surface area contributed by atoms with Gasteiger partial charge >= 0.3 is 0 Å². The van der Waals surface area contributed by atoms with Crippen molar-refractivity contribution in [3.63, 3.8) is 0 Å². The number of hydrogen-bond donors (Lipinski definition) is 1. The summed E-state index contributed by atoms with van der Waals surface area (Å²) in [4.78, 5) is 29.0. The van der Waals surface area contributed by atoms with Crippen LogP contribution in [0.5, 0.6) is 0 Å². The molecule has 1 heterocycles.